The average molecular weight is 306 g/mol. The molecule has 0 aliphatic carbocycles. The number of carbonyl (C=O) groups is 2. The van der Waals surface area contributed by atoms with Crippen LogP contribution in [-0.4, -0.2) is 54.6 Å². The van der Waals surface area contributed by atoms with Gasteiger partial charge in [-0.25, -0.2) is 8.42 Å². The lowest BCUT2D eigenvalue weighted by atomic mass is 10.0. The van der Waals surface area contributed by atoms with Gasteiger partial charge in [0.05, 0.1) is 12.7 Å². The Morgan fingerprint density at radius 1 is 1.40 bits per heavy atom. The van der Waals surface area contributed by atoms with Crippen LogP contribution in [0.5, 0.6) is 0 Å². The summed E-state index contributed by atoms with van der Waals surface area (Å²) in [5, 5.41) is 11.5. The smallest absolute Gasteiger partial charge is 0.305 e. The number of amides is 1. The second kappa shape index (κ2) is 6.53. The molecule has 0 radical (unpaired) electrons. The largest absolute Gasteiger partial charge is 0.481 e. The Morgan fingerprint density at radius 3 is 2.45 bits per heavy atom. The van der Waals surface area contributed by atoms with Crippen molar-refractivity contribution in [2.24, 2.45) is 5.92 Å². The molecule has 0 bridgehead atoms. The molecule has 7 nitrogen and oxygen atoms in total. The predicted molar refractivity (Wildman–Crippen MR) is 73.6 cm³/mol. The third kappa shape index (κ3) is 4.45. The first-order chi connectivity index (χ1) is 9.12. The zero-order valence-electron chi connectivity index (χ0n) is 12.0. The van der Waals surface area contributed by atoms with Crippen molar-refractivity contribution in [3.05, 3.63) is 0 Å². The van der Waals surface area contributed by atoms with Gasteiger partial charge in [-0.15, -0.1) is 0 Å². The van der Waals surface area contributed by atoms with Gasteiger partial charge in [0.2, 0.25) is 15.9 Å². The van der Waals surface area contributed by atoms with E-state index in [-0.39, 0.29) is 12.3 Å². The topological polar surface area (TPSA) is 104 Å². The third-order valence-corrected chi connectivity index (χ3v) is 4.75. The minimum atomic E-state index is -3.42. The van der Waals surface area contributed by atoms with E-state index in [9.17, 15) is 18.0 Å². The number of carboxylic acids is 1. The van der Waals surface area contributed by atoms with Crippen molar-refractivity contribution in [3.63, 3.8) is 0 Å². The summed E-state index contributed by atoms with van der Waals surface area (Å²) >= 11 is 0. The molecule has 0 spiro atoms. The fourth-order valence-electron chi connectivity index (χ4n) is 2.32. The molecule has 20 heavy (non-hydrogen) atoms. The van der Waals surface area contributed by atoms with Crippen LogP contribution in [0.1, 0.15) is 33.1 Å². The van der Waals surface area contributed by atoms with Crippen LogP contribution in [0.4, 0.5) is 0 Å². The molecule has 1 saturated heterocycles. The molecule has 2 N–H and O–H groups in total. The number of nitrogens with zero attached hydrogens (tertiary/aromatic N) is 1. The molecule has 1 rings (SSSR count). The van der Waals surface area contributed by atoms with Crippen molar-refractivity contribution in [2.75, 3.05) is 12.8 Å². The molecule has 2 unspecified atom stereocenters. The number of carbonyl (C=O) groups excluding carboxylic acids is 1. The molecule has 1 fully saturated rings. The summed E-state index contributed by atoms with van der Waals surface area (Å²) in [7, 11) is -3.42. The van der Waals surface area contributed by atoms with Crippen LogP contribution in [0.25, 0.3) is 0 Å². The van der Waals surface area contributed by atoms with Crippen LogP contribution in [-0.2, 0) is 19.6 Å². The number of carboxylic acid groups (broad SMARTS) is 1. The Hall–Kier alpha value is -1.15. The standard InChI is InChI=1S/C12H22N2O5S/c1-8(2)9(7-11(15)16)13-12(17)10-5-4-6-14(10)20(3,18)19/h8-10H,4-7H2,1-3H3,(H,13,17)(H,15,16). The number of hydrogen-bond donors (Lipinski definition) is 2. The van der Waals surface area contributed by atoms with Gasteiger partial charge in [-0.2, -0.15) is 4.31 Å². The van der Waals surface area contributed by atoms with Gasteiger partial charge >= 0.3 is 5.97 Å². The summed E-state index contributed by atoms with van der Waals surface area (Å²) in [5.74, 6) is -1.44. The summed E-state index contributed by atoms with van der Waals surface area (Å²) in [6, 6.07) is -1.22. The number of hydrogen-bond acceptors (Lipinski definition) is 4. The van der Waals surface area contributed by atoms with Crippen molar-refractivity contribution in [1.82, 2.24) is 9.62 Å². The first-order valence-corrected chi connectivity index (χ1v) is 8.46. The molecular weight excluding hydrogens is 284 g/mol. The number of rotatable bonds is 6. The molecule has 0 aromatic carbocycles. The minimum absolute atomic E-state index is 0.0388. The van der Waals surface area contributed by atoms with Gasteiger partial charge in [0.15, 0.2) is 0 Å². The second-order valence-corrected chi connectivity index (χ2v) is 7.42. The molecule has 0 saturated carbocycles. The molecule has 2 atom stereocenters. The molecule has 8 heteroatoms. The van der Waals surface area contributed by atoms with E-state index in [0.717, 1.165) is 6.26 Å². The maximum Gasteiger partial charge on any atom is 0.305 e. The summed E-state index contributed by atoms with van der Waals surface area (Å²) in [6.07, 6.45) is 2.01. The Morgan fingerprint density at radius 2 is 2.00 bits per heavy atom. The molecule has 1 aliphatic heterocycles. The van der Waals surface area contributed by atoms with Gasteiger partial charge in [0.1, 0.15) is 6.04 Å². The van der Waals surface area contributed by atoms with Crippen LogP contribution in [0, 0.1) is 5.92 Å². The monoisotopic (exact) mass is 306 g/mol. The number of aliphatic carboxylic acids is 1. The SMILES string of the molecule is CC(C)C(CC(=O)O)NC(=O)C1CCCN1S(C)(=O)=O. The van der Waals surface area contributed by atoms with E-state index in [2.05, 4.69) is 5.32 Å². The van der Waals surface area contributed by atoms with Crippen LogP contribution in [0.2, 0.25) is 0 Å². The van der Waals surface area contributed by atoms with Crippen molar-refractivity contribution < 1.29 is 23.1 Å². The zero-order valence-corrected chi connectivity index (χ0v) is 12.8. The first-order valence-electron chi connectivity index (χ1n) is 6.62. The van der Waals surface area contributed by atoms with Crippen LogP contribution in [0.3, 0.4) is 0 Å². The van der Waals surface area contributed by atoms with Crippen molar-refractivity contribution >= 4 is 21.9 Å². The molecule has 0 aromatic heterocycles. The van der Waals surface area contributed by atoms with E-state index >= 15 is 0 Å². The van der Waals surface area contributed by atoms with Crippen LogP contribution < -0.4 is 5.32 Å². The van der Waals surface area contributed by atoms with Crippen molar-refractivity contribution in [2.45, 2.75) is 45.2 Å². The minimum Gasteiger partial charge on any atom is -0.481 e. The highest BCUT2D eigenvalue weighted by molar-refractivity contribution is 7.88. The lowest BCUT2D eigenvalue weighted by Crippen LogP contribution is -2.50. The van der Waals surface area contributed by atoms with Gasteiger partial charge in [0, 0.05) is 12.6 Å². The van der Waals surface area contributed by atoms with E-state index in [1.165, 1.54) is 4.31 Å². The summed E-state index contributed by atoms with van der Waals surface area (Å²) in [5.41, 5.74) is 0. The molecule has 1 heterocycles. The third-order valence-electron chi connectivity index (χ3n) is 3.46. The highest BCUT2D eigenvalue weighted by atomic mass is 32.2. The maximum absolute atomic E-state index is 12.2. The lowest BCUT2D eigenvalue weighted by molar-refractivity contribution is -0.138. The maximum atomic E-state index is 12.2. The van der Waals surface area contributed by atoms with Crippen molar-refractivity contribution in [3.8, 4) is 0 Å². The zero-order chi connectivity index (χ0) is 15.5. The Labute approximate surface area is 119 Å². The van der Waals surface area contributed by atoms with Gasteiger partial charge in [-0.1, -0.05) is 13.8 Å². The molecule has 116 valence electrons. The highest BCUT2D eigenvalue weighted by Crippen LogP contribution is 2.21. The summed E-state index contributed by atoms with van der Waals surface area (Å²) in [6.45, 7) is 3.97. The quantitative estimate of drug-likeness (QED) is 0.720. The average Bonchev–Trinajstić information content (AvgIpc) is 2.75. The fraction of sp³-hybridized carbons (Fsp3) is 0.833. The van der Waals surface area contributed by atoms with E-state index < -0.39 is 34.0 Å². The van der Waals surface area contributed by atoms with Gasteiger partial charge in [-0.3, -0.25) is 9.59 Å². The molecular formula is C12H22N2O5S. The van der Waals surface area contributed by atoms with Gasteiger partial charge in [-0.05, 0) is 18.8 Å². The van der Waals surface area contributed by atoms with E-state index in [4.69, 9.17) is 5.11 Å². The van der Waals surface area contributed by atoms with Gasteiger partial charge in [0.25, 0.3) is 0 Å². The van der Waals surface area contributed by atoms with Crippen molar-refractivity contribution in [1.29, 1.82) is 0 Å². The molecule has 1 amide bonds. The number of sulfonamides is 1. The fourth-order valence-corrected chi connectivity index (χ4v) is 3.44. The summed E-state index contributed by atoms with van der Waals surface area (Å²) in [4.78, 5) is 23.0. The first kappa shape index (κ1) is 16.9. The number of nitrogens with one attached hydrogen (secondary N) is 1. The van der Waals surface area contributed by atoms with Gasteiger partial charge < -0.3 is 10.4 Å². The summed E-state index contributed by atoms with van der Waals surface area (Å²) < 4.78 is 24.4. The lowest BCUT2D eigenvalue weighted by Gasteiger charge is -2.26. The normalized spacial score (nSPS) is 21.9. The van der Waals surface area contributed by atoms with Crippen LogP contribution in [0.15, 0.2) is 0 Å². The van der Waals surface area contributed by atoms with Crippen LogP contribution >= 0.6 is 0 Å². The van der Waals surface area contributed by atoms with E-state index in [1.807, 2.05) is 13.8 Å². The molecule has 0 aromatic rings. The Bertz CT molecular complexity index is 474. The molecule has 1 aliphatic rings. The Balaban J connectivity index is 2.76. The van der Waals surface area contributed by atoms with E-state index in [1.54, 1.807) is 0 Å². The highest BCUT2D eigenvalue weighted by Gasteiger charge is 2.37. The second-order valence-electron chi connectivity index (χ2n) is 5.49. The van der Waals surface area contributed by atoms with E-state index in [0.29, 0.717) is 19.4 Å². The predicted octanol–water partition coefficient (Wildman–Crippen LogP) is 0.0259. The Kier molecular flexibility index (Phi) is 5.52.